The van der Waals surface area contributed by atoms with Gasteiger partial charge in [0.05, 0.1) is 12.8 Å². The van der Waals surface area contributed by atoms with Crippen molar-refractivity contribution in [3.05, 3.63) is 23.7 Å². The van der Waals surface area contributed by atoms with Crippen LogP contribution in [-0.2, 0) is 13.1 Å². The van der Waals surface area contributed by atoms with Crippen LogP contribution in [0.1, 0.15) is 31.6 Å². The molecule has 3 nitrogen and oxygen atoms in total. The first kappa shape index (κ1) is 11.7. The monoisotopic (exact) mass is 222 g/mol. The van der Waals surface area contributed by atoms with E-state index in [9.17, 15) is 0 Å². The second-order valence-electron chi connectivity index (χ2n) is 5.02. The molecule has 2 rings (SSSR count). The predicted molar refractivity (Wildman–Crippen MR) is 65.1 cm³/mol. The van der Waals surface area contributed by atoms with Crippen LogP contribution in [0.5, 0.6) is 0 Å². The lowest BCUT2D eigenvalue weighted by atomic mass is 10.1. The van der Waals surface area contributed by atoms with Gasteiger partial charge >= 0.3 is 0 Å². The Hall–Kier alpha value is -0.800. The van der Waals surface area contributed by atoms with Crippen molar-refractivity contribution in [1.82, 2.24) is 10.2 Å². The van der Waals surface area contributed by atoms with E-state index in [-0.39, 0.29) is 0 Å². The van der Waals surface area contributed by atoms with Crippen molar-refractivity contribution in [2.45, 2.75) is 39.4 Å². The van der Waals surface area contributed by atoms with Crippen LogP contribution in [0.2, 0.25) is 0 Å². The Labute approximate surface area is 97.8 Å². The van der Waals surface area contributed by atoms with Gasteiger partial charge in [0, 0.05) is 24.7 Å². The summed E-state index contributed by atoms with van der Waals surface area (Å²) in [7, 11) is 1.95. The molecule has 16 heavy (non-hydrogen) atoms. The standard InChI is InChI=1S/C13H22N2O/c1-10-6-11(2)15(8-10)9-12-4-5-16-13(12)7-14-3/h4-5,10-11,14H,6-9H2,1-3H3. The summed E-state index contributed by atoms with van der Waals surface area (Å²) in [6.07, 6.45) is 3.12. The van der Waals surface area contributed by atoms with E-state index >= 15 is 0 Å². The second-order valence-corrected chi connectivity index (χ2v) is 5.02. The summed E-state index contributed by atoms with van der Waals surface area (Å²) in [5.74, 6) is 1.91. The number of nitrogens with zero attached hydrogens (tertiary/aromatic N) is 1. The lowest BCUT2D eigenvalue weighted by Crippen LogP contribution is -2.27. The zero-order valence-corrected chi connectivity index (χ0v) is 10.5. The van der Waals surface area contributed by atoms with E-state index in [1.165, 1.54) is 18.5 Å². The first-order valence-electron chi connectivity index (χ1n) is 6.14. The van der Waals surface area contributed by atoms with Gasteiger partial charge in [-0.15, -0.1) is 0 Å². The molecule has 1 aromatic rings. The van der Waals surface area contributed by atoms with Crippen LogP contribution < -0.4 is 5.32 Å². The van der Waals surface area contributed by atoms with Crippen LogP contribution in [0.3, 0.4) is 0 Å². The summed E-state index contributed by atoms with van der Waals surface area (Å²) in [5, 5.41) is 3.14. The molecular formula is C13H22N2O. The van der Waals surface area contributed by atoms with Crippen molar-refractivity contribution >= 4 is 0 Å². The summed E-state index contributed by atoms with van der Waals surface area (Å²) in [6, 6.07) is 2.80. The molecule has 1 N–H and O–H groups in total. The number of rotatable bonds is 4. The fourth-order valence-corrected chi connectivity index (χ4v) is 2.65. The van der Waals surface area contributed by atoms with Crippen LogP contribution in [0.25, 0.3) is 0 Å². The molecule has 0 aliphatic carbocycles. The fraction of sp³-hybridized carbons (Fsp3) is 0.692. The number of furan rings is 1. The zero-order chi connectivity index (χ0) is 11.5. The third-order valence-electron chi connectivity index (χ3n) is 3.46. The second kappa shape index (κ2) is 5.02. The van der Waals surface area contributed by atoms with E-state index in [2.05, 4.69) is 30.1 Å². The molecule has 1 aromatic heterocycles. The maximum Gasteiger partial charge on any atom is 0.122 e. The van der Waals surface area contributed by atoms with Gasteiger partial charge in [-0.25, -0.2) is 0 Å². The summed E-state index contributed by atoms with van der Waals surface area (Å²) in [5.41, 5.74) is 1.33. The minimum atomic E-state index is 0.701. The van der Waals surface area contributed by atoms with Crippen molar-refractivity contribution in [2.75, 3.05) is 13.6 Å². The summed E-state index contributed by atoms with van der Waals surface area (Å²) in [6.45, 7) is 7.71. The van der Waals surface area contributed by atoms with Gasteiger partial charge in [-0.2, -0.15) is 0 Å². The van der Waals surface area contributed by atoms with Crippen molar-refractivity contribution < 1.29 is 4.42 Å². The number of hydrogen-bond donors (Lipinski definition) is 1. The molecule has 0 aromatic carbocycles. The van der Waals surface area contributed by atoms with Crippen LogP contribution >= 0.6 is 0 Å². The molecule has 0 bridgehead atoms. The van der Waals surface area contributed by atoms with Gasteiger partial charge in [0.25, 0.3) is 0 Å². The molecule has 0 saturated carbocycles. The van der Waals surface area contributed by atoms with Gasteiger partial charge in [-0.05, 0) is 32.4 Å². The largest absolute Gasteiger partial charge is 0.468 e. The van der Waals surface area contributed by atoms with Crippen LogP contribution in [-0.4, -0.2) is 24.5 Å². The SMILES string of the molecule is CNCc1occc1CN1CC(C)CC1C. The van der Waals surface area contributed by atoms with Gasteiger partial charge < -0.3 is 9.73 Å². The van der Waals surface area contributed by atoms with Crippen molar-refractivity contribution in [2.24, 2.45) is 5.92 Å². The molecule has 90 valence electrons. The molecule has 1 saturated heterocycles. The lowest BCUT2D eigenvalue weighted by Gasteiger charge is -2.20. The first-order chi connectivity index (χ1) is 7.70. The predicted octanol–water partition coefficient (Wildman–Crippen LogP) is 2.23. The van der Waals surface area contributed by atoms with Gasteiger partial charge in [-0.3, -0.25) is 4.90 Å². The van der Waals surface area contributed by atoms with E-state index in [0.29, 0.717) is 6.04 Å². The van der Waals surface area contributed by atoms with Crippen LogP contribution in [0, 0.1) is 5.92 Å². The molecule has 2 atom stereocenters. The minimum absolute atomic E-state index is 0.701. The molecule has 0 amide bonds. The average Bonchev–Trinajstić information content (AvgIpc) is 2.77. The highest BCUT2D eigenvalue weighted by Gasteiger charge is 2.26. The van der Waals surface area contributed by atoms with Crippen molar-refractivity contribution in [1.29, 1.82) is 0 Å². The Bertz CT molecular complexity index is 334. The molecule has 1 aliphatic rings. The quantitative estimate of drug-likeness (QED) is 0.847. The average molecular weight is 222 g/mol. The fourth-order valence-electron chi connectivity index (χ4n) is 2.65. The summed E-state index contributed by atoms with van der Waals surface area (Å²) >= 11 is 0. The smallest absolute Gasteiger partial charge is 0.122 e. The topological polar surface area (TPSA) is 28.4 Å². The van der Waals surface area contributed by atoms with Gasteiger partial charge in [-0.1, -0.05) is 6.92 Å². The highest BCUT2D eigenvalue weighted by molar-refractivity contribution is 5.17. The molecule has 1 aliphatic heterocycles. The van der Waals surface area contributed by atoms with E-state index in [1.807, 2.05) is 7.05 Å². The number of nitrogens with one attached hydrogen (secondary N) is 1. The maximum absolute atomic E-state index is 5.49. The van der Waals surface area contributed by atoms with E-state index < -0.39 is 0 Å². The molecule has 2 unspecified atom stereocenters. The minimum Gasteiger partial charge on any atom is -0.468 e. The van der Waals surface area contributed by atoms with Gasteiger partial charge in [0.1, 0.15) is 5.76 Å². The van der Waals surface area contributed by atoms with E-state index in [0.717, 1.165) is 24.8 Å². The first-order valence-corrected chi connectivity index (χ1v) is 6.14. The third-order valence-corrected chi connectivity index (χ3v) is 3.46. The summed E-state index contributed by atoms with van der Waals surface area (Å²) < 4.78 is 5.49. The molecular weight excluding hydrogens is 200 g/mol. The van der Waals surface area contributed by atoms with E-state index in [4.69, 9.17) is 4.42 Å². The Kier molecular flexibility index (Phi) is 3.66. The highest BCUT2D eigenvalue weighted by atomic mass is 16.3. The third kappa shape index (κ3) is 2.47. The van der Waals surface area contributed by atoms with Crippen LogP contribution in [0.4, 0.5) is 0 Å². The van der Waals surface area contributed by atoms with Crippen LogP contribution in [0.15, 0.2) is 16.7 Å². The van der Waals surface area contributed by atoms with Gasteiger partial charge in [0.15, 0.2) is 0 Å². The Morgan fingerprint density at radius 3 is 2.94 bits per heavy atom. The Balaban J connectivity index is 2.00. The molecule has 1 fully saturated rings. The highest BCUT2D eigenvalue weighted by Crippen LogP contribution is 2.25. The molecule has 0 radical (unpaired) electrons. The number of hydrogen-bond acceptors (Lipinski definition) is 3. The van der Waals surface area contributed by atoms with Gasteiger partial charge in [0.2, 0.25) is 0 Å². The van der Waals surface area contributed by atoms with E-state index in [1.54, 1.807) is 6.26 Å². The molecule has 2 heterocycles. The Morgan fingerprint density at radius 2 is 2.31 bits per heavy atom. The maximum atomic E-state index is 5.49. The van der Waals surface area contributed by atoms with Crippen molar-refractivity contribution in [3.63, 3.8) is 0 Å². The zero-order valence-electron chi connectivity index (χ0n) is 10.5. The Morgan fingerprint density at radius 1 is 1.50 bits per heavy atom. The normalized spacial score (nSPS) is 26.4. The lowest BCUT2D eigenvalue weighted by molar-refractivity contribution is 0.254. The molecule has 3 heteroatoms. The molecule has 0 spiro atoms. The summed E-state index contributed by atoms with van der Waals surface area (Å²) in [4.78, 5) is 2.55. The number of likely N-dealkylation sites (tertiary alicyclic amines) is 1. The van der Waals surface area contributed by atoms with Crippen molar-refractivity contribution in [3.8, 4) is 0 Å².